The number of Topliss-reactive ketones (excluding diaryl/α,β-unsaturated/α-hetero) is 1. The van der Waals surface area contributed by atoms with Gasteiger partial charge in [0.2, 0.25) is 0 Å². The predicted molar refractivity (Wildman–Crippen MR) is 69.0 cm³/mol. The van der Waals surface area contributed by atoms with Gasteiger partial charge in [0, 0.05) is 11.5 Å². The number of carbonyl (C=O) groups excluding carboxylic acids is 1. The van der Waals surface area contributed by atoms with Crippen molar-refractivity contribution in [3.8, 4) is 0 Å². The zero-order valence-electron chi connectivity index (χ0n) is 11.2. The molecular formula is C15H22O. The summed E-state index contributed by atoms with van der Waals surface area (Å²) in [4.78, 5) is 12.0. The summed E-state index contributed by atoms with van der Waals surface area (Å²) in [7, 11) is 0. The molecule has 1 aromatic rings. The Kier molecular flexibility index (Phi) is 3.57. The number of carbonyl (C=O) groups is 1. The summed E-state index contributed by atoms with van der Waals surface area (Å²) in [5.41, 5.74) is 3.34. The lowest BCUT2D eigenvalue weighted by Crippen LogP contribution is -2.14. The molecule has 0 bridgehead atoms. The minimum Gasteiger partial charge on any atom is -0.294 e. The minimum absolute atomic E-state index is 0.0645. The molecule has 0 amide bonds. The summed E-state index contributed by atoms with van der Waals surface area (Å²) in [6.07, 6.45) is 0. The minimum atomic E-state index is 0.0645. The molecule has 0 unspecified atom stereocenters. The molecule has 0 saturated carbocycles. The Bertz CT molecular complexity index is 394. The maximum Gasteiger partial charge on any atom is 0.165 e. The van der Waals surface area contributed by atoms with Crippen LogP contribution in [0.2, 0.25) is 0 Å². The second-order valence-corrected chi connectivity index (χ2v) is 5.86. The average Bonchev–Trinajstić information content (AvgIpc) is 2.14. The highest BCUT2D eigenvalue weighted by molar-refractivity contribution is 5.97. The quantitative estimate of drug-likeness (QED) is 0.682. The fourth-order valence-corrected chi connectivity index (χ4v) is 1.69. The van der Waals surface area contributed by atoms with Gasteiger partial charge in [-0.25, -0.2) is 0 Å². The van der Waals surface area contributed by atoms with Crippen LogP contribution in [0, 0.1) is 12.8 Å². The highest BCUT2D eigenvalue weighted by Gasteiger charge is 2.17. The largest absolute Gasteiger partial charge is 0.294 e. The summed E-state index contributed by atoms with van der Waals surface area (Å²) in [6.45, 7) is 12.5. The number of hydrogen-bond donors (Lipinski definition) is 0. The first-order chi connectivity index (χ1) is 7.21. The van der Waals surface area contributed by atoms with Crippen LogP contribution in [0.4, 0.5) is 0 Å². The van der Waals surface area contributed by atoms with Gasteiger partial charge >= 0.3 is 0 Å². The molecule has 0 aromatic heterocycles. The van der Waals surface area contributed by atoms with Gasteiger partial charge < -0.3 is 0 Å². The van der Waals surface area contributed by atoms with Gasteiger partial charge in [0.1, 0.15) is 0 Å². The van der Waals surface area contributed by atoms with Crippen molar-refractivity contribution in [2.45, 2.75) is 47.0 Å². The van der Waals surface area contributed by atoms with E-state index >= 15 is 0 Å². The Balaban J connectivity index is 3.24. The summed E-state index contributed by atoms with van der Waals surface area (Å²) in [5.74, 6) is 0.295. The van der Waals surface area contributed by atoms with Gasteiger partial charge in [0.05, 0.1) is 0 Å². The Morgan fingerprint density at radius 3 is 2.12 bits per heavy atom. The van der Waals surface area contributed by atoms with Gasteiger partial charge in [0.25, 0.3) is 0 Å². The first-order valence-electron chi connectivity index (χ1n) is 5.88. The first kappa shape index (κ1) is 13.0. The van der Waals surface area contributed by atoms with Crippen LogP contribution in [0.15, 0.2) is 18.2 Å². The van der Waals surface area contributed by atoms with Gasteiger partial charge in [-0.05, 0) is 30.0 Å². The lowest BCUT2D eigenvalue weighted by molar-refractivity contribution is 0.0939. The van der Waals surface area contributed by atoms with E-state index in [4.69, 9.17) is 0 Å². The molecule has 1 heteroatoms. The first-order valence-corrected chi connectivity index (χ1v) is 5.88. The van der Waals surface area contributed by atoms with Crippen LogP contribution in [-0.2, 0) is 5.41 Å². The third-order valence-corrected chi connectivity index (χ3v) is 2.75. The Hall–Kier alpha value is -1.11. The van der Waals surface area contributed by atoms with Crippen molar-refractivity contribution in [1.29, 1.82) is 0 Å². The van der Waals surface area contributed by atoms with Gasteiger partial charge in [-0.1, -0.05) is 46.2 Å². The normalized spacial score (nSPS) is 11.9. The maximum absolute atomic E-state index is 12.0. The number of aryl methyl sites for hydroxylation is 1. The lowest BCUT2D eigenvalue weighted by Gasteiger charge is -2.21. The van der Waals surface area contributed by atoms with E-state index in [2.05, 4.69) is 26.8 Å². The Morgan fingerprint density at radius 1 is 1.12 bits per heavy atom. The Labute approximate surface area is 98.9 Å². The van der Waals surface area contributed by atoms with Gasteiger partial charge in [-0.15, -0.1) is 0 Å². The van der Waals surface area contributed by atoms with Crippen LogP contribution in [0.1, 0.15) is 56.1 Å². The van der Waals surface area contributed by atoms with E-state index in [1.54, 1.807) is 0 Å². The van der Waals surface area contributed by atoms with Crippen molar-refractivity contribution in [2.75, 3.05) is 0 Å². The number of hydrogen-bond acceptors (Lipinski definition) is 1. The standard InChI is InChI=1S/C15H22O/c1-10(2)14(16)12-7-11(3)8-13(9-12)15(4,5)6/h7-10H,1-6H3. The fraction of sp³-hybridized carbons (Fsp3) is 0.533. The molecule has 0 aliphatic rings. The molecule has 0 spiro atoms. The summed E-state index contributed by atoms with van der Waals surface area (Å²) in [5, 5.41) is 0. The summed E-state index contributed by atoms with van der Waals surface area (Å²) in [6, 6.07) is 6.18. The molecular weight excluding hydrogens is 196 g/mol. The number of benzene rings is 1. The highest BCUT2D eigenvalue weighted by Crippen LogP contribution is 2.25. The van der Waals surface area contributed by atoms with E-state index in [0.717, 1.165) is 11.1 Å². The average molecular weight is 218 g/mol. The molecule has 1 rings (SSSR count). The van der Waals surface area contributed by atoms with Crippen LogP contribution in [0.25, 0.3) is 0 Å². The van der Waals surface area contributed by atoms with Crippen LogP contribution in [0.5, 0.6) is 0 Å². The van der Waals surface area contributed by atoms with Crippen molar-refractivity contribution in [1.82, 2.24) is 0 Å². The summed E-state index contributed by atoms with van der Waals surface area (Å²) >= 11 is 0. The molecule has 0 atom stereocenters. The van der Waals surface area contributed by atoms with Crippen molar-refractivity contribution in [3.05, 3.63) is 34.9 Å². The number of rotatable bonds is 2. The maximum atomic E-state index is 12.0. The lowest BCUT2D eigenvalue weighted by atomic mass is 9.84. The molecule has 0 N–H and O–H groups in total. The van der Waals surface area contributed by atoms with E-state index in [-0.39, 0.29) is 17.1 Å². The van der Waals surface area contributed by atoms with E-state index in [9.17, 15) is 4.79 Å². The van der Waals surface area contributed by atoms with Crippen molar-refractivity contribution in [3.63, 3.8) is 0 Å². The zero-order chi connectivity index (χ0) is 12.5. The smallest absolute Gasteiger partial charge is 0.165 e. The molecule has 16 heavy (non-hydrogen) atoms. The fourth-order valence-electron chi connectivity index (χ4n) is 1.69. The SMILES string of the molecule is Cc1cc(C(=O)C(C)C)cc(C(C)(C)C)c1. The third-order valence-electron chi connectivity index (χ3n) is 2.75. The molecule has 0 fully saturated rings. The molecule has 1 nitrogen and oxygen atoms in total. The highest BCUT2D eigenvalue weighted by atomic mass is 16.1. The van der Waals surface area contributed by atoms with Crippen LogP contribution >= 0.6 is 0 Å². The van der Waals surface area contributed by atoms with Crippen molar-refractivity contribution in [2.24, 2.45) is 5.92 Å². The van der Waals surface area contributed by atoms with Crippen LogP contribution in [-0.4, -0.2) is 5.78 Å². The van der Waals surface area contributed by atoms with Crippen LogP contribution in [0.3, 0.4) is 0 Å². The molecule has 1 aromatic carbocycles. The molecule has 0 aliphatic carbocycles. The molecule has 0 aliphatic heterocycles. The second kappa shape index (κ2) is 4.40. The van der Waals surface area contributed by atoms with Crippen LogP contribution < -0.4 is 0 Å². The molecule has 0 heterocycles. The zero-order valence-corrected chi connectivity index (χ0v) is 11.2. The Morgan fingerprint density at radius 2 is 1.69 bits per heavy atom. The van der Waals surface area contributed by atoms with Crippen molar-refractivity contribution < 1.29 is 4.79 Å². The van der Waals surface area contributed by atoms with Crippen molar-refractivity contribution >= 4 is 5.78 Å². The topological polar surface area (TPSA) is 17.1 Å². The number of ketones is 1. The van der Waals surface area contributed by atoms with Gasteiger partial charge in [-0.2, -0.15) is 0 Å². The van der Waals surface area contributed by atoms with Gasteiger partial charge in [0.15, 0.2) is 5.78 Å². The molecule has 88 valence electrons. The predicted octanol–water partition coefficient (Wildman–Crippen LogP) is 4.13. The summed E-state index contributed by atoms with van der Waals surface area (Å²) < 4.78 is 0. The second-order valence-electron chi connectivity index (χ2n) is 5.86. The molecule has 0 saturated heterocycles. The van der Waals surface area contributed by atoms with E-state index < -0.39 is 0 Å². The third kappa shape index (κ3) is 2.94. The monoisotopic (exact) mass is 218 g/mol. The van der Waals surface area contributed by atoms with Gasteiger partial charge in [-0.3, -0.25) is 4.79 Å². The van der Waals surface area contributed by atoms with E-state index in [1.165, 1.54) is 5.56 Å². The molecule has 0 radical (unpaired) electrons. The van der Waals surface area contributed by atoms with E-state index in [0.29, 0.717) is 0 Å². The van der Waals surface area contributed by atoms with E-state index in [1.807, 2.05) is 32.9 Å².